The van der Waals surface area contributed by atoms with E-state index in [0.717, 1.165) is 19.3 Å². The highest BCUT2D eigenvalue weighted by Gasteiger charge is 2.06. The van der Waals surface area contributed by atoms with Crippen molar-refractivity contribution in [2.75, 3.05) is 6.54 Å². The van der Waals surface area contributed by atoms with Crippen LogP contribution in [0.3, 0.4) is 0 Å². The molecule has 70 valence electrons. The van der Waals surface area contributed by atoms with Gasteiger partial charge < -0.3 is 11.1 Å². The maximum absolute atomic E-state index is 10.9. The van der Waals surface area contributed by atoms with Crippen molar-refractivity contribution in [2.45, 2.75) is 32.2 Å². The van der Waals surface area contributed by atoms with Gasteiger partial charge in [-0.05, 0) is 12.5 Å². The topological polar surface area (TPSA) is 55.1 Å². The molecule has 0 bridgehead atoms. The molecule has 0 aliphatic heterocycles. The molecule has 1 unspecified atom stereocenters. The summed E-state index contributed by atoms with van der Waals surface area (Å²) in [6.07, 6.45) is 4.45. The zero-order valence-corrected chi connectivity index (χ0v) is 7.68. The van der Waals surface area contributed by atoms with Crippen LogP contribution in [-0.4, -0.2) is 18.5 Å². The Morgan fingerprint density at radius 3 is 2.83 bits per heavy atom. The van der Waals surface area contributed by atoms with Crippen LogP contribution in [0.1, 0.15) is 26.2 Å². The van der Waals surface area contributed by atoms with Crippen molar-refractivity contribution in [1.29, 1.82) is 0 Å². The number of rotatable bonds is 6. The van der Waals surface area contributed by atoms with Gasteiger partial charge in [0, 0.05) is 12.6 Å². The summed E-state index contributed by atoms with van der Waals surface area (Å²) in [6.45, 7) is 5.99. The Morgan fingerprint density at radius 1 is 1.75 bits per heavy atom. The normalized spacial score (nSPS) is 12.2. The van der Waals surface area contributed by atoms with Gasteiger partial charge in [-0.2, -0.15) is 0 Å². The molecule has 0 fully saturated rings. The van der Waals surface area contributed by atoms with E-state index in [9.17, 15) is 4.79 Å². The second-order valence-corrected chi connectivity index (χ2v) is 2.79. The molecule has 0 aromatic rings. The fourth-order valence-electron chi connectivity index (χ4n) is 0.960. The van der Waals surface area contributed by atoms with E-state index in [0.29, 0.717) is 6.54 Å². The first-order chi connectivity index (χ1) is 5.74. The molecule has 0 heterocycles. The molecule has 0 rings (SSSR count). The van der Waals surface area contributed by atoms with E-state index in [2.05, 4.69) is 18.8 Å². The molecule has 1 atom stereocenters. The molecule has 0 spiro atoms. The fraction of sp³-hybridized carbons (Fsp3) is 0.667. The molecule has 0 aliphatic carbocycles. The Kier molecular flexibility index (Phi) is 6.38. The SMILES string of the molecule is C=CC(=O)NC(CN)CCCC. The van der Waals surface area contributed by atoms with Gasteiger partial charge in [-0.1, -0.05) is 26.3 Å². The minimum atomic E-state index is -0.137. The molecule has 0 saturated carbocycles. The fourth-order valence-corrected chi connectivity index (χ4v) is 0.960. The van der Waals surface area contributed by atoms with Gasteiger partial charge in [-0.3, -0.25) is 4.79 Å². The summed E-state index contributed by atoms with van der Waals surface area (Å²) in [6, 6.07) is 0.107. The first-order valence-electron chi connectivity index (χ1n) is 4.37. The van der Waals surface area contributed by atoms with Crippen LogP contribution in [-0.2, 0) is 4.79 Å². The van der Waals surface area contributed by atoms with E-state index >= 15 is 0 Å². The first kappa shape index (κ1) is 11.2. The number of nitrogens with two attached hydrogens (primary N) is 1. The smallest absolute Gasteiger partial charge is 0.243 e. The number of amides is 1. The van der Waals surface area contributed by atoms with Crippen molar-refractivity contribution in [2.24, 2.45) is 5.73 Å². The lowest BCUT2D eigenvalue weighted by Gasteiger charge is -2.14. The Bertz CT molecular complexity index is 145. The molecule has 0 radical (unpaired) electrons. The molecular weight excluding hydrogens is 152 g/mol. The largest absolute Gasteiger partial charge is 0.349 e. The van der Waals surface area contributed by atoms with Crippen molar-refractivity contribution in [3.8, 4) is 0 Å². The second kappa shape index (κ2) is 6.85. The molecule has 0 aromatic heterocycles. The maximum Gasteiger partial charge on any atom is 0.243 e. The Hall–Kier alpha value is -0.830. The Labute approximate surface area is 74.0 Å². The molecule has 3 N–H and O–H groups in total. The molecule has 0 aliphatic rings. The average molecular weight is 170 g/mol. The minimum absolute atomic E-state index is 0.107. The highest BCUT2D eigenvalue weighted by Crippen LogP contribution is 1.98. The quantitative estimate of drug-likeness (QED) is 0.579. The van der Waals surface area contributed by atoms with E-state index in [1.165, 1.54) is 6.08 Å². The molecular formula is C9H18N2O. The number of nitrogens with one attached hydrogen (secondary N) is 1. The van der Waals surface area contributed by atoms with Crippen LogP contribution in [0.4, 0.5) is 0 Å². The third kappa shape index (κ3) is 4.91. The van der Waals surface area contributed by atoms with E-state index < -0.39 is 0 Å². The lowest BCUT2D eigenvalue weighted by atomic mass is 10.1. The van der Waals surface area contributed by atoms with Crippen molar-refractivity contribution in [3.05, 3.63) is 12.7 Å². The van der Waals surface area contributed by atoms with Gasteiger partial charge in [-0.25, -0.2) is 0 Å². The molecule has 1 amide bonds. The molecule has 0 aromatic carbocycles. The molecule has 3 nitrogen and oxygen atoms in total. The zero-order valence-electron chi connectivity index (χ0n) is 7.68. The van der Waals surface area contributed by atoms with Crippen LogP contribution < -0.4 is 11.1 Å². The monoisotopic (exact) mass is 170 g/mol. The number of carbonyl (C=O) groups excluding carboxylic acids is 1. The summed E-state index contributed by atoms with van der Waals surface area (Å²) in [5.41, 5.74) is 5.47. The second-order valence-electron chi connectivity index (χ2n) is 2.79. The van der Waals surface area contributed by atoms with Crippen LogP contribution in [0.2, 0.25) is 0 Å². The average Bonchev–Trinajstić information content (AvgIpc) is 2.11. The van der Waals surface area contributed by atoms with Gasteiger partial charge in [0.2, 0.25) is 5.91 Å². The van der Waals surface area contributed by atoms with E-state index in [4.69, 9.17) is 5.73 Å². The molecule has 0 saturated heterocycles. The number of carbonyl (C=O) groups is 1. The summed E-state index contributed by atoms with van der Waals surface area (Å²) < 4.78 is 0. The number of unbranched alkanes of at least 4 members (excludes halogenated alkanes) is 1. The predicted octanol–water partition coefficient (Wildman–Crippen LogP) is 0.806. The molecule has 12 heavy (non-hydrogen) atoms. The summed E-state index contributed by atoms with van der Waals surface area (Å²) in [7, 11) is 0. The minimum Gasteiger partial charge on any atom is -0.349 e. The molecule has 3 heteroatoms. The van der Waals surface area contributed by atoms with Crippen LogP contribution in [0, 0.1) is 0 Å². The van der Waals surface area contributed by atoms with Gasteiger partial charge in [0.1, 0.15) is 0 Å². The maximum atomic E-state index is 10.9. The lowest BCUT2D eigenvalue weighted by Crippen LogP contribution is -2.39. The lowest BCUT2D eigenvalue weighted by molar-refractivity contribution is -0.117. The Balaban J connectivity index is 3.66. The highest BCUT2D eigenvalue weighted by atomic mass is 16.1. The van der Waals surface area contributed by atoms with Crippen LogP contribution in [0.25, 0.3) is 0 Å². The van der Waals surface area contributed by atoms with Crippen molar-refractivity contribution < 1.29 is 4.79 Å². The van der Waals surface area contributed by atoms with Crippen molar-refractivity contribution in [1.82, 2.24) is 5.32 Å². The summed E-state index contributed by atoms with van der Waals surface area (Å²) >= 11 is 0. The van der Waals surface area contributed by atoms with Gasteiger partial charge in [0.15, 0.2) is 0 Å². The van der Waals surface area contributed by atoms with Gasteiger partial charge in [0.25, 0.3) is 0 Å². The summed E-state index contributed by atoms with van der Waals surface area (Å²) in [5.74, 6) is -0.137. The third-order valence-corrected chi connectivity index (χ3v) is 1.72. The van der Waals surface area contributed by atoms with Crippen LogP contribution in [0.15, 0.2) is 12.7 Å². The third-order valence-electron chi connectivity index (χ3n) is 1.72. The standard InChI is InChI=1S/C9H18N2O/c1-3-5-6-8(7-10)11-9(12)4-2/h4,8H,2-3,5-7,10H2,1H3,(H,11,12). The summed E-state index contributed by atoms with van der Waals surface area (Å²) in [4.78, 5) is 10.9. The van der Waals surface area contributed by atoms with E-state index in [1.807, 2.05) is 0 Å². The van der Waals surface area contributed by atoms with Gasteiger partial charge in [0.05, 0.1) is 0 Å². The van der Waals surface area contributed by atoms with Crippen molar-refractivity contribution >= 4 is 5.91 Å². The Morgan fingerprint density at radius 2 is 2.42 bits per heavy atom. The van der Waals surface area contributed by atoms with Crippen LogP contribution in [0.5, 0.6) is 0 Å². The number of hydrogen-bond acceptors (Lipinski definition) is 2. The van der Waals surface area contributed by atoms with Crippen molar-refractivity contribution in [3.63, 3.8) is 0 Å². The predicted molar refractivity (Wildman–Crippen MR) is 50.7 cm³/mol. The summed E-state index contributed by atoms with van der Waals surface area (Å²) in [5, 5.41) is 2.77. The zero-order chi connectivity index (χ0) is 9.40. The van der Waals surface area contributed by atoms with Gasteiger partial charge in [-0.15, -0.1) is 0 Å². The van der Waals surface area contributed by atoms with Crippen LogP contribution >= 0.6 is 0 Å². The first-order valence-corrected chi connectivity index (χ1v) is 4.37. The highest BCUT2D eigenvalue weighted by molar-refractivity contribution is 5.87. The number of hydrogen-bond donors (Lipinski definition) is 2. The van der Waals surface area contributed by atoms with E-state index in [-0.39, 0.29) is 11.9 Å². The van der Waals surface area contributed by atoms with Gasteiger partial charge >= 0.3 is 0 Å². The van der Waals surface area contributed by atoms with E-state index in [1.54, 1.807) is 0 Å².